The molecule has 0 saturated carbocycles. The molecule has 7 heteroatoms. The van der Waals surface area contributed by atoms with E-state index >= 15 is 0 Å². The van der Waals surface area contributed by atoms with Crippen molar-refractivity contribution < 1.29 is 14.7 Å². The van der Waals surface area contributed by atoms with Crippen molar-refractivity contribution in [2.45, 2.75) is 0 Å². The van der Waals surface area contributed by atoms with Gasteiger partial charge in [0.15, 0.2) is 5.69 Å². The number of rotatable bonds is 6. The SMILES string of the molecule is C#CCSCCNC(=O)Nc1cccnc1C(=O)O. The van der Waals surface area contributed by atoms with Gasteiger partial charge in [-0.3, -0.25) is 0 Å². The second-order valence-corrected chi connectivity index (χ2v) is 4.45. The largest absolute Gasteiger partial charge is 0.476 e. The summed E-state index contributed by atoms with van der Waals surface area (Å²) in [6, 6.07) is 2.55. The predicted octanol–water partition coefficient (Wildman–Crippen LogP) is 1.27. The molecule has 0 spiro atoms. The highest BCUT2D eigenvalue weighted by Crippen LogP contribution is 2.11. The molecule has 100 valence electrons. The van der Waals surface area contributed by atoms with Crippen LogP contribution < -0.4 is 10.6 Å². The van der Waals surface area contributed by atoms with Crippen molar-refractivity contribution in [3.05, 3.63) is 24.0 Å². The van der Waals surface area contributed by atoms with Crippen LogP contribution in [0.5, 0.6) is 0 Å². The van der Waals surface area contributed by atoms with Crippen molar-refractivity contribution >= 4 is 29.4 Å². The monoisotopic (exact) mass is 279 g/mol. The first-order valence-corrected chi connectivity index (χ1v) is 6.55. The summed E-state index contributed by atoms with van der Waals surface area (Å²) < 4.78 is 0. The van der Waals surface area contributed by atoms with E-state index in [1.54, 1.807) is 6.07 Å². The van der Waals surface area contributed by atoms with Crippen molar-refractivity contribution in [2.75, 3.05) is 23.4 Å². The van der Waals surface area contributed by atoms with Crippen LogP contribution in [-0.2, 0) is 0 Å². The molecular formula is C12H13N3O3S. The number of carbonyl (C=O) groups excluding carboxylic acids is 1. The third-order valence-electron chi connectivity index (χ3n) is 1.98. The molecule has 0 atom stereocenters. The van der Waals surface area contributed by atoms with E-state index in [4.69, 9.17) is 11.5 Å². The number of carbonyl (C=O) groups is 2. The number of amides is 2. The first-order chi connectivity index (χ1) is 9.15. The molecule has 1 aromatic rings. The molecule has 0 fully saturated rings. The molecule has 6 nitrogen and oxygen atoms in total. The quantitative estimate of drug-likeness (QED) is 0.539. The summed E-state index contributed by atoms with van der Waals surface area (Å²) in [5, 5.41) is 13.9. The van der Waals surface area contributed by atoms with Crippen LogP contribution in [0.15, 0.2) is 18.3 Å². The molecule has 1 aromatic heterocycles. The van der Waals surface area contributed by atoms with Crippen molar-refractivity contribution in [1.82, 2.24) is 10.3 Å². The van der Waals surface area contributed by atoms with Gasteiger partial charge in [0.25, 0.3) is 0 Å². The van der Waals surface area contributed by atoms with Gasteiger partial charge < -0.3 is 15.7 Å². The minimum absolute atomic E-state index is 0.156. The fraction of sp³-hybridized carbons (Fsp3) is 0.250. The maximum absolute atomic E-state index is 11.5. The zero-order chi connectivity index (χ0) is 14.1. The number of carboxylic acid groups (broad SMARTS) is 1. The molecule has 0 aliphatic rings. The molecule has 2 amide bonds. The highest BCUT2D eigenvalue weighted by molar-refractivity contribution is 7.99. The Hall–Kier alpha value is -2.20. The Morgan fingerprint density at radius 2 is 2.32 bits per heavy atom. The molecule has 0 saturated heterocycles. The Morgan fingerprint density at radius 3 is 3.00 bits per heavy atom. The molecule has 0 aliphatic heterocycles. The number of urea groups is 1. The van der Waals surface area contributed by atoms with Gasteiger partial charge in [-0.15, -0.1) is 18.2 Å². The topological polar surface area (TPSA) is 91.3 Å². The van der Waals surface area contributed by atoms with Crippen molar-refractivity contribution in [3.8, 4) is 12.3 Å². The molecule has 0 aromatic carbocycles. The van der Waals surface area contributed by atoms with E-state index in [-0.39, 0.29) is 11.4 Å². The number of anilines is 1. The number of nitrogens with one attached hydrogen (secondary N) is 2. The summed E-state index contributed by atoms with van der Waals surface area (Å²) in [4.78, 5) is 26.1. The van der Waals surface area contributed by atoms with Crippen molar-refractivity contribution in [1.29, 1.82) is 0 Å². The fourth-order valence-corrected chi connectivity index (χ4v) is 1.72. The number of hydrogen-bond donors (Lipinski definition) is 3. The van der Waals surface area contributed by atoms with Gasteiger partial charge in [-0.05, 0) is 12.1 Å². The Bertz CT molecular complexity index is 499. The van der Waals surface area contributed by atoms with Crippen molar-refractivity contribution in [2.24, 2.45) is 0 Å². The Balaban J connectivity index is 2.45. The molecule has 19 heavy (non-hydrogen) atoms. The van der Waals surface area contributed by atoms with E-state index in [9.17, 15) is 9.59 Å². The number of hydrogen-bond acceptors (Lipinski definition) is 4. The van der Waals surface area contributed by atoms with Crippen LogP contribution in [0.2, 0.25) is 0 Å². The average Bonchev–Trinajstić information content (AvgIpc) is 2.39. The lowest BCUT2D eigenvalue weighted by atomic mass is 10.3. The highest BCUT2D eigenvalue weighted by Gasteiger charge is 2.12. The second-order valence-electron chi connectivity index (χ2n) is 3.34. The standard InChI is InChI=1S/C12H13N3O3S/c1-2-7-19-8-6-14-12(18)15-9-4-3-5-13-10(9)11(16)17/h1,3-5H,6-8H2,(H,16,17)(H2,14,15,18). The number of carboxylic acids is 1. The summed E-state index contributed by atoms with van der Waals surface area (Å²) in [6.07, 6.45) is 6.43. The minimum Gasteiger partial charge on any atom is -0.476 e. The molecule has 1 rings (SSSR count). The Labute approximate surface area is 115 Å². The predicted molar refractivity (Wildman–Crippen MR) is 74.4 cm³/mol. The zero-order valence-corrected chi connectivity index (χ0v) is 10.9. The molecule has 0 bridgehead atoms. The first-order valence-electron chi connectivity index (χ1n) is 5.39. The van der Waals surface area contributed by atoms with Gasteiger partial charge >= 0.3 is 12.0 Å². The second kappa shape index (κ2) is 8.00. The highest BCUT2D eigenvalue weighted by atomic mass is 32.2. The van der Waals surface area contributed by atoms with Gasteiger partial charge in [0.05, 0.1) is 11.4 Å². The minimum atomic E-state index is -1.19. The van der Waals surface area contributed by atoms with E-state index in [2.05, 4.69) is 21.5 Å². The maximum atomic E-state index is 11.5. The van der Waals surface area contributed by atoms with Crippen LogP contribution in [0.4, 0.5) is 10.5 Å². The van der Waals surface area contributed by atoms with Gasteiger partial charge in [0.1, 0.15) is 0 Å². The lowest BCUT2D eigenvalue weighted by Gasteiger charge is -2.08. The smallest absolute Gasteiger partial charge is 0.356 e. The van der Waals surface area contributed by atoms with Crippen LogP contribution in [-0.4, -0.2) is 40.1 Å². The fourth-order valence-electron chi connectivity index (χ4n) is 1.21. The van der Waals surface area contributed by atoms with E-state index < -0.39 is 12.0 Å². The molecule has 0 aliphatic carbocycles. The Morgan fingerprint density at radius 1 is 1.53 bits per heavy atom. The molecule has 0 unspecified atom stereocenters. The zero-order valence-electron chi connectivity index (χ0n) is 10.0. The summed E-state index contributed by atoms with van der Waals surface area (Å²) >= 11 is 1.52. The molecule has 3 N–H and O–H groups in total. The van der Waals surface area contributed by atoms with Crippen LogP contribution in [0.3, 0.4) is 0 Å². The first kappa shape index (κ1) is 14.9. The van der Waals surface area contributed by atoms with Gasteiger partial charge in [0, 0.05) is 18.5 Å². The van der Waals surface area contributed by atoms with E-state index in [0.717, 1.165) is 0 Å². The van der Waals surface area contributed by atoms with Gasteiger partial charge in [-0.1, -0.05) is 5.92 Å². The number of nitrogens with zero attached hydrogens (tertiary/aromatic N) is 1. The third-order valence-corrected chi connectivity index (χ3v) is 2.84. The summed E-state index contributed by atoms with van der Waals surface area (Å²) in [6.45, 7) is 0.445. The summed E-state index contributed by atoms with van der Waals surface area (Å²) in [5.74, 6) is 2.57. The van der Waals surface area contributed by atoms with Crippen molar-refractivity contribution in [3.63, 3.8) is 0 Å². The van der Waals surface area contributed by atoms with Gasteiger partial charge in [-0.2, -0.15) is 0 Å². The van der Waals surface area contributed by atoms with Gasteiger partial charge in [-0.25, -0.2) is 14.6 Å². The summed E-state index contributed by atoms with van der Waals surface area (Å²) in [5.41, 5.74) is -0.0388. The normalized spacial score (nSPS) is 9.42. The average molecular weight is 279 g/mol. The Kier molecular flexibility index (Phi) is 6.26. The number of aromatic carboxylic acids is 1. The molecular weight excluding hydrogens is 266 g/mol. The third kappa shape index (κ3) is 5.31. The van der Waals surface area contributed by atoms with Crippen LogP contribution in [0, 0.1) is 12.3 Å². The van der Waals surface area contributed by atoms with Crippen LogP contribution >= 0.6 is 11.8 Å². The van der Waals surface area contributed by atoms with Crippen LogP contribution in [0.25, 0.3) is 0 Å². The molecule has 0 radical (unpaired) electrons. The van der Waals surface area contributed by atoms with Gasteiger partial charge in [0.2, 0.25) is 0 Å². The van der Waals surface area contributed by atoms with Crippen LogP contribution in [0.1, 0.15) is 10.5 Å². The lowest BCUT2D eigenvalue weighted by Crippen LogP contribution is -2.31. The number of aromatic nitrogens is 1. The van der Waals surface area contributed by atoms with E-state index in [1.165, 1.54) is 24.0 Å². The number of terminal acetylenes is 1. The lowest BCUT2D eigenvalue weighted by molar-refractivity contribution is 0.0692. The van der Waals surface area contributed by atoms with E-state index in [1.807, 2.05) is 0 Å². The number of pyridine rings is 1. The van der Waals surface area contributed by atoms with E-state index in [0.29, 0.717) is 18.1 Å². The summed E-state index contributed by atoms with van der Waals surface area (Å²) in [7, 11) is 0. The maximum Gasteiger partial charge on any atom is 0.356 e. The number of thioether (sulfide) groups is 1. The molecule has 1 heterocycles.